The average Bonchev–Trinajstić information content (AvgIpc) is 3.11. The zero-order valence-corrected chi connectivity index (χ0v) is 19.9. The number of likely N-dealkylation sites (tertiary alicyclic amines) is 1. The highest BCUT2D eigenvalue weighted by molar-refractivity contribution is 7.99. The van der Waals surface area contributed by atoms with Gasteiger partial charge < -0.3 is 19.8 Å². The summed E-state index contributed by atoms with van der Waals surface area (Å²) in [4.78, 5) is 17.2. The Kier molecular flexibility index (Phi) is 8.06. The van der Waals surface area contributed by atoms with E-state index in [1.54, 1.807) is 47.8 Å². The molecule has 1 heterocycles. The van der Waals surface area contributed by atoms with Crippen LogP contribution in [0.15, 0.2) is 58.3 Å². The third kappa shape index (κ3) is 7.28. The van der Waals surface area contributed by atoms with Crippen LogP contribution in [0.25, 0.3) is 0 Å². The quantitative estimate of drug-likeness (QED) is 0.483. The summed E-state index contributed by atoms with van der Waals surface area (Å²) in [7, 11) is 0. The van der Waals surface area contributed by atoms with Gasteiger partial charge >= 0.3 is 6.09 Å². The van der Waals surface area contributed by atoms with E-state index in [0.717, 1.165) is 40.6 Å². The standard InChI is InChI=1S/C24H31NO4S2/c1-24(2,3)29-23(28)25-17(14-15-30-21-10-6-19(26)7-11-21)4-5-18(25)16-31-22-12-8-20(27)9-13-22/h6-13,17-18,26-27H,4-5,14-16H2,1-3H3/t17-,18+/m0/s1. The van der Waals surface area contributed by atoms with Crippen molar-refractivity contribution in [1.29, 1.82) is 0 Å². The van der Waals surface area contributed by atoms with Crippen LogP contribution in [0.3, 0.4) is 0 Å². The molecule has 7 heteroatoms. The van der Waals surface area contributed by atoms with E-state index in [1.165, 1.54) is 0 Å². The maximum absolute atomic E-state index is 13.0. The van der Waals surface area contributed by atoms with Crippen molar-refractivity contribution >= 4 is 29.6 Å². The molecule has 0 aromatic heterocycles. The fourth-order valence-corrected chi connectivity index (χ4v) is 5.61. The first kappa shape index (κ1) is 23.7. The number of aromatic hydroxyl groups is 2. The van der Waals surface area contributed by atoms with Gasteiger partial charge in [0, 0.05) is 27.6 Å². The van der Waals surface area contributed by atoms with Gasteiger partial charge in [0.2, 0.25) is 0 Å². The van der Waals surface area contributed by atoms with Gasteiger partial charge in [-0.05, 0) is 94.3 Å². The smallest absolute Gasteiger partial charge is 0.410 e. The third-order valence-corrected chi connectivity index (χ3v) is 7.26. The molecule has 31 heavy (non-hydrogen) atoms. The number of hydrogen-bond acceptors (Lipinski definition) is 6. The van der Waals surface area contributed by atoms with E-state index in [0.29, 0.717) is 0 Å². The highest BCUT2D eigenvalue weighted by atomic mass is 32.2. The second-order valence-electron chi connectivity index (χ2n) is 8.71. The number of thioether (sulfide) groups is 2. The minimum absolute atomic E-state index is 0.123. The monoisotopic (exact) mass is 461 g/mol. The molecular weight excluding hydrogens is 430 g/mol. The molecule has 2 aromatic carbocycles. The number of amides is 1. The van der Waals surface area contributed by atoms with Crippen LogP contribution < -0.4 is 0 Å². The largest absolute Gasteiger partial charge is 0.508 e. The predicted octanol–water partition coefficient (Wildman–Crippen LogP) is 6.14. The van der Waals surface area contributed by atoms with Gasteiger partial charge in [0.15, 0.2) is 0 Å². The van der Waals surface area contributed by atoms with Crippen LogP contribution in [0.2, 0.25) is 0 Å². The number of hydrogen-bond donors (Lipinski definition) is 2. The molecule has 5 nitrogen and oxygen atoms in total. The van der Waals surface area contributed by atoms with Crippen LogP contribution in [0.1, 0.15) is 40.0 Å². The van der Waals surface area contributed by atoms with Gasteiger partial charge in [0.05, 0.1) is 0 Å². The lowest BCUT2D eigenvalue weighted by atomic mass is 10.1. The number of carbonyl (C=O) groups is 1. The van der Waals surface area contributed by atoms with Gasteiger partial charge in [-0.2, -0.15) is 0 Å². The van der Waals surface area contributed by atoms with Crippen molar-refractivity contribution in [1.82, 2.24) is 4.90 Å². The van der Waals surface area contributed by atoms with E-state index in [-0.39, 0.29) is 29.7 Å². The summed E-state index contributed by atoms with van der Waals surface area (Å²) < 4.78 is 5.74. The number of phenols is 2. The van der Waals surface area contributed by atoms with Crippen molar-refractivity contribution in [3.63, 3.8) is 0 Å². The van der Waals surface area contributed by atoms with Gasteiger partial charge in [-0.1, -0.05) is 0 Å². The Hall–Kier alpha value is -1.99. The summed E-state index contributed by atoms with van der Waals surface area (Å²) in [5.74, 6) is 2.22. The van der Waals surface area contributed by atoms with Gasteiger partial charge in [0.25, 0.3) is 0 Å². The van der Waals surface area contributed by atoms with Gasteiger partial charge in [-0.3, -0.25) is 0 Å². The minimum atomic E-state index is -0.528. The molecule has 3 rings (SSSR count). The molecule has 0 aliphatic carbocycles. The molecule has 2 atom stereocenters. The van der Waals surface area contributed by atoms with E-state index in [2.05, 4.69) is 0 Å². The van der Waals surface area contributed by atoms with E-state index >= 15 is 0 Å². The molecule has 0 spiro atoms. The van der Waals surface area contributed by atoms with E-state index in [4.69, 9.17) is 4.74 Å². The Labute approximate surface area is 193 Å². The first-order valence-electron chi connectivity index (χ1n) is 10.6. The Morgan fingerprint density at radius 3 is 2.00 bits per heavy atom. The summed E-state index contributed by atoms with van der Waals surface area (Å²) in [5, 5.41) is 18.9. The highest BCUT2D eigenvalue weighted by Gasteiger charge is 2.38. The zero-order chi connectivity index (χ0) is 22.4. The first-order chi connectivity index (χ1) is 14.7. The first-order valence-corrected chi connectivity index (χ1v) is 12.5. The Bertz CT molecular complexity index is 849. The highest BCUT2D eigenvalue weighted by Crippen LogP contribution is 2.34. The second kappa shape index (κ2) is 10.6. The summed E-state index contributed by atoms with van der Waals surface area (Å²) in [6.07, 6.45) is 2.58. The van der Waals surface area contributed by atoms with Crippen molar-refractivity contribution < 1.29 is 19.7 Å². The van der Waals surface area contributed by atoms with Crippen molar-refractivity contribution in [2.45, 2.75) is 67.5 Å². The van der Waals surface area contributed by atoms with Crippen LogP contribution in [-0.4, -0.2) is 50.4 Å². The lowest BCUT2D eigenvalue weighted by Crippen LogP contribution is -2.45. The Morgan fingerprint density at radius 1 is 0.935 bits per heavy atom. The maximum Gasteiger partial charge on any atom is 0.410 e. The molecule has 0 radical (unpaired) electrons. The summed E-state index contributed by atoms with van der Waals surface area (Å²) in [6.45, 7) is 5.70. The van der Waals surface area contributed by atoms with Crippen LogP contribution in [0, 0.1) is 0 Å². The summed E-state index contributed by atoms with van der Waals surface area (Å²) in [5.41, 5.74) is -0.528. The number of ether oxygens (including phenoxy) is 1. The summed E-state index contributed by atoms with van der Waals surface area (Å²) in [6, 6.07) is 14.7. The third-order valence-electron chi connectivity index (χ3n) is 5.06. The number of phenolic OH excluding ortho intramolecular Hbond substituents is 2. The molecule has 1 fully saturated rings. The van der Waals surface area contributed by atoms with Crippen molar-refractivity contribution in [3.8, 4) is 11.5 Å². The molecule has 1 aliphatic heterocycles. The molecular formula is C24H31NO4S2. The second-order valence-corrected chi connectivity index (χ2v) is 11.0. The average molecular weight is 462 g/mol. The molecule has 0 bridgehead atoms. The van der Waals surface area contributed by atoms with Gasteiger partial charge in [0.1, 0.15) is 17.1 Å². The molecule has 1 amide bonds. The van der Waals surface area contributed by atoms with Gasteiger partial charge in [-0.15, -0.1) is 23.5 Å². The minimum Gasteiger partial charge on any atom is -0.508 e. The van der Waals surface area contributed by atoms with Gasteiger partial charge in [-0.25, -0.2) is 4.79 Å². The number of benzene rings is 2. The van der Waals surface area contributed by atoms with Crippen LogP contribution >= 0.6 is 23.5 Å². The summed E-state index contributed by atoms with van der Waals surface area (Å²) >= 11 is 3.44. The molecule has 2 aromatic rings. The van der Waals surface area contributed by atoms with Crippen molar-refractivity contribution in [2.24, 2.45) is 0 Å². The molecule has 0 unspecified atom stereocenters. The molecule has 1 aliphatic rings. The Morgan fingerprint density at radius 2 is 1.45 bits per heavy atom. The zero-order valence-electron chi connectivity index (χ0n) is 18.3. The van der Waals surface area contributed by atoms with Crippen LogP contribution in [0.4, 0.5) is 4.79 Å². The van der Waals surface area contributed by atoms with Crippen molar-refractivity contribution in [2.75, 3.05) is 11.5 Å². The molecule has 2 N–H and O–H groups in total. The molecule has 0 saturated carbocycles. The molecule has 168 valence electrons. The number of rotatable bonds is 7. The van der Waals surface area contributed by atoms with Crippen molar-refractivity contribution in [3.05, 3.63) is 48.5 Å². The van der Waals surface area contributed by atoms with Crippen LogP contribution in [0.5, 0.6) is 11.5 Å². The topological polar surface area (TPSA) is 70.0 Å². The SMILES string of the molecule is CC(C)(C)OC(=O)N1[C@H](CCSc2ccc(O)cc2)CC[C@@H]1CSc1ccc(O)cc1. The van der Waals surface area contributed by atoms with E-state index in [1.807, 2.05) is 49.9 Å². The molecule has 1 saturated heterocycles. The normalized spacial score (nSPS) is 18.9. The lowest BCUT2D eigenvalue weighted by molar-refractivity contribution is 0.0162. The van der Waals surface area contributed by atoms with E-state index in [9.17, 15) is 15.0 Å². The lowest BCUT2D eigenvalue weighted by Gasteiger charge is -2.32. The van der Waals surface area contributed by atoms with E-state index < -0.39 is 5.60 Å². The fourth-order valence-electron chi connectivity index (χ4n) is 3.61. The maximum atomic E-state index is 13.0. The Balaban J connectivity index is 1.62. The van der Waals surface area contributed by atoms with Crippen LogP contribution in [-0.2, 0) is 4.74 Å². The predicted molar refractivity (Wildman–Crippen MR) is 127 cm³/mol. The number of carbonyl (C=O) groups excluding carboxylic acids is 1. The number of nitrogens with zero attached hydrogens (tertiary/aromatic N) is 1. The fraction of sp³-hybridized carbons (Fsp3) is 0.458.